The molecular weight excluding hydrogens is 386 g/mol. The number of hydrogen-bond donors (Lipinski definition) is 0. The SMILES string of the molecule is CCC1CC(=O)SC12CCCC(C)(CCC1CCCC3(C1)SC(=O)CN3C)C2. The van der Waals surface area contributed by atoms with Crippen molar-refractivity contribution in [2.45, 2.75) is 101 Å². The van der Waals surface area contributed by atoms with Crippen LogP contribution in [0.25, 0.3) is 0 Å². The summed E-state index contributed by atoms with van der Waals surface area (Å²) in [5.41, 5.74) is 0.387. The van der Waals surface area contributed by atoms with E-state index in [-0.39, 0.29) is 9.62 Å². The van der Waals surface area contributed by atoms with E-state index in [1.807, 2.05) is 0 Å². The first-order valence-electron chi connectivity index (χ1n) is 11.4. The molecule has 0 N–H and O–H groups in total. The summed E-state index contributed by atoms with van der Waals surface area (Å²) < 4.78 is 0.237. The molecule has 0 aromatic rings. The Balaban J connectivity index is 1.39. The molecule has 28 heavy (non-hydrogen) atoms. The highest BCUT2D eigenvalue weighted by atomic mass is 32.2. The predicted octanol–water partition coefficient (Wildman–Crippen LogP) is 5.87. The van der Waals surface area contributed by atoms with Crippen molar-refractivity contribution in [3.8, 4) is 0 Å². The lowest BCUT2D eigenvalue weighted by Crippen LogP contribution is -2.44. The zero-order valence-corrected chi connectivity index (χ0v) is 19.6. The van der Waals surface area contributed by atoms with Gasteiger partial charge >= 0.3 is 0 Å². The number of carbonyl (C=O) groups is 2. The standard InChI is InChI=1S/C23H37NO2S2/c1-4-18-13-19(25)27-22(18)10-6-9-21(2,16-22)12-8-17-7-5-11-23(14-17)24(3)15-20(26)28-23/h17-18H,4-16H2,1-3H3. The maximum Gasteiger partial charge on any atom is 0.204 e. The normalized spacial score (nSPS) is 44.8. The van der Waals surface area contributed by atoms with Crippen molar-refractivity contribution in [2.24, 2.45) is 17.3 Å². The van der Waals surface area contributed by atoms with Gasteiger partial charge in [-0.3, -0.25) is 14.5 Å². The first-order valence-corrected chi connectivity index (χ1v) is 13.1. The molecule has 0 aromatic heterocycles. The van der Waals surface area contributed by atoms with Crippen LogP contribution >= 0.6 is 23.5 Å². The number of hydrogen-bond acceptors (Lipinski definition) is 5. The van der Waals surface area contributed by atoms with Crippen molar-refractivity contribution >= 4 is 33.8 Å². The van der Waals surface area contributed by atoms with Crippen LogP contribution in [0.5, 0.6) is 0 Å². The Kier molecular flexibility index (Phi) is 6.01. The second kappa shape index (κ2) is 7.92. The summed E-state index contributed by atoms with van der Waals surface area (Å²) in [7, 11) is 2.14. The fourth-order valence-electron chi connectivity index (χ4n) is 6.84. The molecule has 5 heteroatoms. The molecule has 4 fully saturated rings. The third-order valence-corrected chi connectivity index (χ3v) is 11.3. The number of nitrogens with zero attached hydrogens (tertiary/aromatic N) is 1. The van der Waals surface area contributed by atoms with E-state index in [0.29, 0.717) is 28.1 Å². The molecule has 2 saturated heterocycles. The lowest BCUT2D eigenvalue weighted by Gasteiger charge is -2.48. The van der Waals surface area contributed by atoms with Gasteiger partial charge in [0.15, 0.2) is 5.12 Å². The van der Waals surface area contributed by atoms with E-state index in [1.165, 1.54) is 64.2 Å². The van der Waals surface area contributed by atoms with Crippen LogP contribution in [0.4, 0.5) is 0 Å². The molecule has 2 aliphatic carbocycles. The van der Waals surface area contributed by atoms with Crippen molar-refractivity contribution in [3.05, 3.63) is 0 Å². The van der Waals surface area contributed by atoms with Gasteiger partial charge in [0.2, 0.25) is 5.12 Å². The molecule has 2 heterocycles. The molecule has 2 saturated carbocycles. The summed E-state index contributed by atoms with van der Waals surface area (Å²) in [6.07, 6.45) is 14.6. The zero-order valence-electron chi connectivity index (χ0n) is 17.9. The highest BCUT2D eigenvalue weighted by molar-refractivity contribution is 8.15. The second-order valence-corrected chi connectivity index (χ2v) is 13.4. The van der Waals surface area contributed by atoms with E-state index in [4.69, 9.17) is 0 Å². The molecule has 0 amide bonds. The minimum atomic E-state index is 0.0930. The molecule has 2 spiro atoms. The Morgan fingerprint density at radius 2 is 1.93 bits per heavy atom. The van der Waals surface area contributed by atoms with Gasteiger partial charge in [-0.05, 0) is 69.2 Å². The van der Waals surface area contributed by atoms with Gasteiger partial charge in [-0.25, -0.2) is 0 Å². The zero-order chi connectivity index (χ0) is 20.0. The molecule has 0 aromatic carbocycles. The lowest BCUT2D eigenvalue weighted by atomic mass is 9.63. The molecule has 0 bridgehead atoms. The van der Waals surface area contributed by atoms with E-state index >= 15 is 0 Å². The van der Waals surface area contributed by atoms with Crippen LogP contribution < -0.4 is 0 Å². The summed E-state index contributed by atoms with van der Waals surface area (Å²) in [5.74, 6) is 1.35. The predicted molar refractivity (Wildman–Crippen MR) is 119 cm³/mol. The van der Waals surface area contributed by atoms with Gasteiger partial charge in [-0.15, -0.1) is 0 Å². The average molecular weight is 424 g/mol. The molecule has 4 aliphatic rings. The van der Waals surface area contributed by atoms with Crippen molar-refractivity contribution in [1.82, 2.24) is 4.90 Å². The van der Waals surface area contributed by atoms with Gasteiger partial charge in [-0.1, -0.05) is 63.1 Å². The fourth-order valence-corrected chi connectivity index (χ4v) is 10.1. The Labute approximate surface area is 179 Å². The molecule has 158 valence electrons. The molecule has 5 unspecified atom stereocenters. The highest BCUT2D eigenvalue weighted by Crippen LogP contribution is 2.59. The quantitative estimate of drug-likeness (QED) is 0.565. The average Bonchev–Trinajstić information content (AvgIpc) is 3.08. The fraction of sp³-hybridized carbons (Fsp3) is 0.913. The smallest absolute Gasteiger partial charge is 0.204 e. The number of carbonyl (C=O) groups excluding carboxylic acids is 2. The van der Waals surface area contributed by atoms with Gasteiger partial charge in [0.25, 0.3) is 0 Å². The van der Waals surface area contributed by atoms with E-state index in [9.17, 15) is 9.59 Å². The van der Waals surface area contributed by atoms with Gasteiger partial charge in [-0.2, -0.15) is 0 Å². The molecule has 5 atom stereocenters. The largest absolute Gasteiger partial charge is 0.287 e. The van der Waals surface area contributed by atoms with Crippen LogP contribution in [0, 0.1) is 17.3 Å². The minimum absolute atomic E-state index is 0.0930. The third kappa shape index (κ3) is 3.97. The van der Waals surface area contributed by atoms with Crippen LogP contribution in [-0.4, -0.2) is 38.3 Å². The molecular formula is C23H37NO2S2. The Hall–Kier alpha value is -0.0000000000000000763. The summed E-state index contributed by atoms with van der Waals surface area (Å²) >= 11 is 3.34. The summed E-state index contributed by atoms with van der Waals surface area (Å²) in [4.78, 5) is 26.7. The van der Waals surface area contributed by atoms with Crippen molar-refractivity contribution in [2.75, 3.05) is 13.6 Å². The van der Waals surface area contributed by atoms with Crippen LogP contribution in [-0.2, 0) is 9.59 Å². The van der Waals surface area contributed by atoms with Crippen LogP contribution in [0.3, 0.4) is 0 Å². The van der Waals surface area contributed by atoms with Crippen LogP contribution in [0.1, 0.15) is 90.9 Å². The van der Waals surface area contributed by atoms with Crippen molar-refractivity contribution in [3.63, 3.8) is 0 Å². The molecule has 4 rings (SSSR count). The van der Waals surface area contributed by atoms with E-state index < -0.39 is 0 Å². The van der Waals surface area contributed by atoms with Crippen molar-refractivity contribution < 1.29 is 9.59 Å². The van der Waals surface area contributed by atoms with Crippen LogP contribution in [0.15, 0.2) is 0 Å². The third-order valence-electron chi connectivity index (χ3n) is 8.38. The highest BCUT2D eigenvalue weighted by Gasteiger charge is 2.52. The van der Waals surface area contributed by atoms with Gasteiger partial charge < -0.3 is 0 Å². The maximum atomic E-state index is 12.2. The van der Waals surface area contributed by atoms with E-state index in [0.717, 1.165) is 18.8 Å². The summed E-state index contributed by atoms with van der Waals surface area (Å²) in [5, 5.41) is 0.800. The molecule has 3 nitrogen and oxygen atoms in total. The first kappa shape index (κ1) is 21.2. The summed E-state index contributed by atoms with van der Waals surface area (Å²) in [6.45, 7) is 5.40. The number of rotatable bonds is 4. The Morgan fingerprint density at radius 1 is 1.11 bits per heavy atom. The Bertz CT molecular complexity index is 640. The second-order valence-electron chi connectivity index (χ2n) is 10.5. The molecule has 2 aliphatic heterocycles. The van der Waals surface area contributed by atoms with Gasteiger partial charge in [0.1, 0.15) is 0 Å². The number of likely N-dealkylation sites (N-methyl/N-ethyl adjacent to an activating group) is 1. The first-order chi connectivity index (χ1) is 13.3. The van der Waals surface area contributed by atoms with Gasteiger partial charge in [0, 0.05) is 11.2 Å². The monoisotopic (exact) mass is 423 g/mol. The Morgan fingerprint density at radius 3 is 2.64 bits per heavy atom. The lowest BCUT2D eigenvalue weighted by molar-refractivity contribution is -0.111. The minimum Gasteiger partial charge on any atom is -0.287 e. The van der Waals surface area contributed by atoms with Crippen molar-refractivity contribution in [1.29, 1.82) is 0 Å². The number of thioether (sulfide) groups is 2. The molecule has 0 radical (unpaired) electrons. The topological polar surface area (TPSA) is 37.4 Å². The van der Waals surface area contributed by atoms with E-state index in [1.54, 1.807) is 23.5 Å². The summed E-state index contributed by atoms with van der Waals surface area (Å²) in [6, 6.07) is 0. The maximum absolute atomic E-state index is 12.2. The van der Waals surface area contributed by atoms with Gasteiger partial charge in [0.05, 0.1) is 11.4 Å². The van der Waals surface area contributed by atoms with E-state index in [2.05, 4.69) is 25.8 Å². The van der Waals surface area contributed by atoms with Crippen LogP contribution in [0.2, 0.25) is 0 Å².